The summed E-state index contributed by atoms with van der Waals surface area (Å²) in [6.07, 6.45) is 3.98. The molecule has 6 rings (SSSR count). The highest BCUT2D eigenvalue weighted by molar-refractivity contribution is 7.14. The van der Waals surface area contributed by atoms with Crippen LogP contribution in [0, 0.1) is 5.92 Å². The lowest BCUT2D eigenvalue weighted by molar-refractivity contribution is -0.157. The fourth-order valence-electron chi connectivity index (χ4n) is 6.48. The summed E-state index contributed by atoms with van der Waals surface area (Å²) in [5.41, 5.74) is 2.65. The van der Waals surface area contributed by atoms with Crippen molar-refractivity contribution >= 4 is 40.0 Å². The number of anilines is 1. The van der Waals surface area contributed by atoms with Gasteiger partial charge in [-0.3, -0.25) is 14.5 Å². The second-order valence-corrected chi connectivity index (χ2v) is 13.0. The van der Waals surface area contributed by atoms with Crippen molar-refractivity contribution in [2.75, 3.05) is 19.0 Å². The fourth-order valence-corrected chi connectivity index (χ4v) is 7.23. The molecule has 3 atom stereocenters. The number of allylic oxidation sites excluding steroid dienone is 1. The lowest BCUT2D eigenvalue weighted by Gasteiger charge is -2.50. The Morgan fingerprint density at radius 3 is 2.12 bits per heavy atom. The van der Waals surface area contributed by atoms with Gasteiger partial charge >= 0.3 is 5.97 Å². The Kier molecular flexibility index (Phi) is 10.2. The van der Waals surface area contributed by atoms with Crippen molar-refractivity contribution in [2.45, 2.75) is 50.7 Å². The highest BCUT2D eigenvalue weighted by Crippen LogP contribution is 2.41. The quantitative estimate of drug-likeness (QED) is 0.0454. The van der Waals surface area contributed by atoms with E-state index in [0.717, 1.165) is 29.5 Å². The number of benzene rings is 3. The molecule has 1 saturated heterocycles. The average Bonchev–Trinajstić information content (AvgIpc) is 3.60. The molecule has 49 heavy (non-hydrogen) atoms. The van der Waals surface area contributed by atoms with Gasteiger partial charge in [-0.05, 0) is 35.4 Å². The summed E-state index contributed by atoms with van der Waals surface area (Å²) in [5, 5.41) is 12.9. The van der Waals surface area contributed by atoms with Crippen LogP contribution in [0.1, 0.15) is 55.5 Å². The van der Waals surface area contributed by atoms with Crippen molar-refractivity contribution in [2.24, 2.45) is 11.1 Å². The van der Waals surface area contributed by atoms with Gasteiger partial charge in [0.25, 0.3) is 11.8 Å². The van der Waals surface area contributed by atoms with E-state index in [1.54, 1.807) is 11.5 Å². The van der Waals surface area contributed by atoms with Crippen molar-refractivity contribution in [3.05, 3.63) is 131 Å². The molecular formula is C38H39N5O5S. The third kappa shape index (κ3) is 6.71. The summed E-state index contributed by atoms with van der Waals surface area (Å²) in [5.74, 6) is -1.49. The molecule has 2 amide bonds. The first-order valence-corrected chi connectivity index (χ1v) is 17.3. The molecule has 0 spiro atoms. The minimum atomic E-state index is -0.831. The van der Waals surface area contributed by atoms with E-state index >= 15 is 0 Å². The fraction of sp³-hybridized carbons (Fsp3) is 0.289. The van der Waals surface area contributed by atoms with Crippen LogP contribution in [0.25, 0.3) is 0 Å². The van der Waals surface area contributed by atoms with Gasteiger partial charge in [-0.2, -0.15) is 0 Å². The molecular weight excluding hydrogens is 639 g/mol. The van der Waals surface area contributed by atoms with E-state index in [0.29, 0.717) is 18.2 Å². The molecule has 0 saturated carbocycles. The lowest BCUT2D eigenvalue weighted by Crippen LogP contribution is -2.72. The topological polar surface area (TPSA) is 122 Å². The number of nitrogens with zero attached hydrogens (tertiary/aromatic N) is 3. The van der Waals surface area contributed by atoms with Gasteiger partial charge in [-0.1, -0.05) is 122 Å². The molecule has 3 heterocycles. The molecule has 0 bridgehead atoms. The number of hydrogen-bond donors (Lipinski definition) is 2. The number of fused-ring (bicyclic) bond motifs is 1. The number of β-lactam (4-membered cyclic amide) rings is 1. The van der Waals surface area contributed by atoms with Gasteiger partial charge in [-0.15, -0.1) is 11.3 Å². The first-order chi connectivity index (χ1) is 23.9. The highest BCUT2D eigenvalue weighted by Gasteiger charge is 2.53. The van der Waals surface area contributed by atoms with Gasteiger partial charge < -0.3 is 20.2 Å². The number of carbonyl (C=O) groups excluding carboxylic acids is 3. The molecule has 1 fully saturated rings. The number of ether oxygens (including phenoxy) is 1. The zero-order valence-corrected chi connectivity index (χ0v) is 28.5. The zero-order valence-electron chi connectivity index (χ0n) is 27.7. The standard InChI is InChI=1S/C38H39N5O5S/c1-4-5-21-48-36(46)31-23-25(2)22-30-33(35(45)43(30)31)40-34(44)32(42-47-3)29-24-49-37(39-29)41-38(26-15-9-6-10-16-26,27-17-11-7-12-18-27)28-19-13-8-14-20-28/h6-20,23-25,30,33H,4-5,21-22H2,1-3H3,(H,39,41)(H,40,44)/t25-,30+,33-/m1/s1. The Bertz CT molecular complexity index is 1750. The number of carbonyl (C=O) groups is 3. The molecule has 3 aromatic carbocycles. The minimum Gasteiger partial charge on any atom is -0.461 e. The Hall–Kier alpha value is -5.29. The highest BCUT2D eigenvalue weighted by atomic mass is 32.1. The monoisotopic (exact) mass is 677 g/mol. The van der Waals surface area contributed by atoms with Gasteiger partial charge in [-0.25, -0.2) is 9.78 Å². The van der Waals surface area contributed by atoms with Crippen molar-refractivity contribution < 1.29 is 24.0 Å². The molecule has 2 aliphatic heterocycles. The number of nitrogens with one attached hydrogen (secondary N) is 2. The molecule has 10 nitrogen and oxygen atoms in total. The van der Waals surface area contributed by atoms with Gasteiger partial charge in [0, 0.05) is 5.38 Å². The molecule has 2 aliphatic rings. The molecule has 252 valence electrons. The number of amides is 2. The Morgan fingerprint density at radius 2 is 1.57 bits per heavy atom. The maximum absolute atomic E-state index is 13.7. The van der Waals surface area contributed by atoms with Crippen LogP contribution in [0.4, 0.5) is 5.13 Å². The molecule has 11 heteroatoms. The minimum absolute atomic E-state index is 0.0147. The summed E-state index contributed by atoms with van der Waals surface area (Å²) in [6, 6.07) is 29.2. The van der Waals surface area contributed by atoms with E-state index < -0.39 is 23.5 Å². The summed E-state index contributed by atoms with van der Waals surface area (Å²) >= 11 is 1.33. The Labute approximate surface area is 289 Å². The summed E-state index contributed by atoms with van der Waals surface area (Å²) in [6.45, 7) is 4.27. The first-order valence-electron chi connectivity index (χ1n) is 16.4. The second kappa shape index (κ2) is 14.9. The van der Waals surface area contributed by atoms with Crippen molar-refractivity contribution in [3.63, 3.8) is 0 Å². The van der Waals surface area contributed by atoms with Gasteiger partial charge in [0.1, 0.15) is 30.1 Å². The van der Waals surface area contributed by atoms with Gasteiger partial charge in [0.2, 0.25) is 0 Å². The molecule has 0 aliphatic carbocycles. The summed E-state index contributed by atoms with van der Waals surface area (Å²) < 4.78 is 5.40. The zero-order chi connectivity index (χ0) is 34.4. The first kappa shape index (κ1) is 33.6. The maximum Gasteiger partial charge on any atom is 0.354 e. The largest absolute Gasteiger partial charge is 0.461 e. The number of thiazole rings is 1. The predicted molar refractivity (Wildman–Crippen MR) is 189 cm³/mol. The van der Waals surface area contributed by atoms with E-state index in [-0.39, 0.29) is 35.0 Å². The number of aromatic nitrogens is 1. The van der Waals surface area contributed by atoms with Gasteiger partial charge in [0.15, 0.2) is 10.8 Å². The van der Waals surface area contributed by atoms with Gasteiger partial charge in [0.05, 0.1) is 12.6 Å². The van der Waals surface area contributed by atoms with Crippen LogP contribution >= 0.6 is 11.3 Å². The Balaban J connectivity index is 1.26. The number of esters is 1. The van der Waals surface area contributed by atoms with E-state index in [9.17, 15) is 14.4 Å². The maximum atomic E-state index is 13.7. The Morgan fingerprint density at radius 1 is 0.980 bits per heavy atom. The molecule has 2 N–H and O–H groups in total. The van der Waals surface area contributed by atoms with Crippen LogP contribution < -0.4 is 10.6 Å². The van der Waals surface area contributed by atoms with Crippen LogP contribution in [-0.4, -0.2) is 59.2 Å². The molecule has 1 aromatic heterocycles. The predicted octanol–water partition coefficient (Wildman–Crippen LogP) is 5.86. The van der Waals surface area contributed by atoms with Crippen molar-refractivity contribution in [1.29, 1.82) is 0 Å². The van der Waals surface area contributed by atoms with Crippen LogP contribution in [-0.2, 0) is 29.5 Å². The smallest absolute Gasteiger partial charge is 0.354 e. The number of hydrogen-bond acceptors (Lipinski definition) is 9. The second-order valence-electron chi connectivity index (χ2n) is 12.1. The van der Waals surface area contributed by atoms with Crippen molar-refractivity contribution in [1.82, 2.24) is 15.2 Å². The molecule has 4 aromatic rings. The third-order valence-corrected chi connectivity index (χ3v) is 9.58. The SMILES string of the molecule is CCCCOC(=O)C1=C[C@H](C)C[C@H]2[C@@H](NC(=O)C(=NOC)c3csc(NC(c4ccccc4)(c4ccccc4)c4ccccc4)n3)C(=O)N12. The number of unbranched alkanes of at least 4 members (excludes halogenated alkanes) is 1. The summed E-state index contributed by atoms with van der Waals surface area (Å²) in [4.78, 5) is 51.2. The van der Waals surface area contributed by atoms with E-state index in [4.69, 9.17) is 14.6 Å². The van der Waals surface area contributed by atoms with Crippen LogP contribution in [0.15, 0.2) is 113 Å². The lowest BCUT2D eigenvalue weighted by atomic mass is 9.77. The van der Waals surface area contributed by atoms with E-state index in [2.05, 4.69) is 52.2 Å². The normalized spacial score (nSPS) is 18.9. The summed E-state index contributed by atoms with van der Waals surface area (Å²) in [7, 11) is 1.35. The molecule has 0 radical (unpaired) electrons. The average molecular weight is 678 g/mol. The number of oxime groups is 1. The van der Waals surface area contributed by atoms with E-state index in [1.165, 1.54) is 23.3 Å². The van der Waals surface area contributed by atoms with Crippen LogP contribution in [0.3, 0.4) is 0 Å². The van der Waals surface area contributed by atoms with Crippen molar-refractivity contribution in [3.8, 4) is 0 Å². The van der Waals surface area contributed by atoms with E-state index in [1.807, 2.05) is 68.4 Å². The van der Waals surface area contributed by atoms with Crippen LogP contribution in [0.2, 0.25) is 0 Å². The molecule has 0 unspecified atom stereocenters. The van der Waals surface area contributed by atoms with Crippen LogP contribution in [0.5, 0.6) is 0 Å². The third-order valence-electron chi connectivity index (χ3n) is 8.82. The number of rotatable bonds is 13.